The summed E-state index contributed by atoms with van der Waals surface area (Å²) in [6.07, 6.45) is 1.02. The fourth-order valence-electron chi connectivity index (χ4n) is 6.73. The number of likely N-dealkylation sites (tertiary alicyclic amines) is 1. The lowest BCUT2D eigenvalue weighted by Gasteiger charge is -2.31. The highest BCUT2D eigenvalue weighted by Gasteiger charge is 2.57. The molecule has 1 aromatic heterocycles. The van der Waals surface area contributed by atoms with Gasteiger partial charge in [-0.1, -0.05) is 45.0 Å². The van der Waals surface area contributed by atoms with E-state index in [1.807, 2.05) is 46.4 Å². The molecule has 6 nitrogen and oxygen atoms in total. The molecule has 42 heavy (non-hydrogen) atoms. The van der Waals surface area contributed by atoms with Crippen LogP contribution in [0.25, 0.3) is 0 Å². The van der Waals surface area contributed by atoms with Gasteiger partial charge in [-0.3, -0.25) is 14.5 Å². The largest absolute Gasteiger partial charge is 0.380 e. The number of nitrogens with zero attached hydrogens (tertiary/aromatic N) is 3. The highest BCUT2D eigenvalue weighted by atomic mass is 32.1. The normalized spacial score (nSPS) is 21.6. The first kappa shape index (κ1) is 29.1. The van der Waals surface area contributed by atoms with Gasteiger partial charge in [0, 0.05) is 57.1 Å². The lowest BCUT2D eigenvalue weighted by molar-refractivity contribution is 0.0766. The zero-order valence-corrected chi connectivity index (χ0v) is 26.2. The molecule has 1 saturated heterocycles. The number of piperidine rings is 1. The minimum atomic E-state index is 0.0670. The van der Waals surface area contributed by atoms with Gasteiger partial charge in [0.15, 0.2) is 0 Å². The molecule has 1 saturated carbocycles. The summed E-state index contributed by atoms with van der Waals surface area (Å²) in [5, 5.41) is 1.97. The average molecular weight is 586 g/mol. The van der Waals surface area contributed by atoms with Gasteiger partial charge in [-0.05, 0) is 88.9 Å². The van der Waals surface area contributed by atoms with Crippen molar-refractivity contribution in [1.82, 2.24) is 9.80 Å². The minimum Gasteiger partial charge on any atom is -0.380 e. The predicted molar refractivity (Wildman–Crippen MR) is 169 cm³/mol. The van der Waals surface area contributed by atoms with Crippen molar-refractivity contribution in [3.8, 4) is 0 Å². The van der Waals surface area contributed by atoms with Crippen LogP contribution in [0.5, 0.6) is 0 Å². The molecule has 2 aliphatic heterocycles. The van der Waals surface area contributed by atoms with E-state index in [1.54, 1.807) is 0 Å². The molecule has 2 amide bonds. The number of carbonyl (C=O) groups excluding carboxylic acids is 2. The Morgan fingerprint density at radius 2 is 1.79 bits per heavy atom. The van der Waals surface area contributed by atoms with E-state index in [-0.39, 0.29) is 17.2 Å². The first-order chi connectivity index (χ1) is 20.2. The summed E-state index contributed by atoms with van der Waals surface area (Å²) in [4.78, 5) is 34.3. The summed E-state index contributed by atoms with van der Waals surface area (Å²) in [7, 11) is 0. The summed E-state index contributed by atoms with van der Waals surface area (Å²) in [6.45, 7) is 15.2. The van der Waals surface area contributed by atoms with Crippen LogP contribution in [0, 0.1) is 17.8 Å². The summed E-state index contributed by atoms with van der Waals surface area (Å²) < 4.78 is 5.59. The number of anilines is 1. The second kappa shape index (κ2) is 11.9. The summed E-state index contributed by atoms with van der Waals surface area (Å²) in [5.41, 5.74) is 5.74. The third-order valence-corrected chi connectivity index (χ3v) is 10.2. The molecule has 6 rings (SSSR count). The third kappa shape index (κ3) is 6.05. The maximum atomic E-state index is 13.8. The second-order valence-electron chi connectivity index (χ2n) is 13.1. The number of rotatable bonds is 9. The van der Waals surface area contributed by atoms with E-state index < -0.39 is 0 Å². The molecular formula is C35H43N3O3S. The second-order valence-corrected chi connectivity index (χ2v) is 14.0. The van der Waals surface area contributed by atoms with E-state index in [2.05, 4.69) is 56.0 Å². The Labute approximate surface area is 254 Å². The van der Waals surface area contributed by atoms with Gasteiger partial charge in [-0.2, -0.15) is 0 Å². The van der Waals surface area contributed by atoms with E-state index >= 15 is 0 Å². The number of hydrogen-bond acceptors (Lipinski definition) is 5. The molecule has 3 heterocycles. The third-order valence-electron chi connectivity index (χ3n) is 9.38. The van der Waals surface area contributed by atoms with Crippen molar-refractivity contribution in [2.45, 2.75) is 46.1 Å². The van der Waals surface area contributed by atoms with E-state index in [1.165, 1.54) is 28.0 Å². The molecule has 2 fully saturated rings. The maximum absolute atomic E-state index is 13.8. The maximum Gasteiger partial charge on any atom is 0.268 e. The van der Waals surface area contributed by atoms with Crippen LogP contribution < -0.4 is 4.90 Å². The van der Waals surface area contributed by atoms with Crippen LogP contribution in [-0.4, -0.2) is 67.6 Å². The van der Waals surface area contributed by atoms with Crippen molar-refractivity contribution in [3.63, 3.8) is 0 Å². The Bertz CT molecular complexity index is 1400. The van der Waals surface area contributed by atoms with E-state index in [4.69, 9.17) is 4.74 Å². The van der Waals surface area contributed by atoms with E-state index in [0.29, 0.717) is 24.3 Å². The lowest BCUT2D eigenvalue weighted by Crippen LogP contribution is -2.37. The Hall–Kier alpha value is -3.00. The molecule has 2 unspecified atom stereocenters. The quantitative estimate of drug-likeness (QED) is 0.285. The molecule has 3 aromatic rings. The average Bonchev–Trinajstić information content (AvgIpc) is 3.37. The van der Waals surface area contributed by atoms with Crippen LogP contribution in [0.1, 0.15) is 64.4 Å². The zero-order valence-electron chi connectivity index (χ0n) is 25.3. The number of carbonyl (C=O) groups is 2. The molecule has 2 atom stereocenters. The van der Waals surface area contributed by atoms with Gasteiger partial charge in [0.05, 0.1) is 11.5 Å². The Kier molecular flexibility index (Phi) is 8.27. The van der Waals surface area contributed by atoms with Crippen LogP contribution in [0.3, 0.4) is 0 Å². The molecular weight excluding hydrogens is 542 g/mol. The van der Waals surface area contributed by atoms with E-state index in [9.17, 15) is 9.59 Å². The van der Waals surface area contributed by atoms with Gasteiger partial charge >= 0.3 is 0 Å². The number of benzene rings is 2. The lowest BCUT2D eigenvalue weighted by atomic mass is 9.86. The molecule has 0 radical (unpaired) electrons. The molecule has 222 valence electrons. The SMILES string of the molecule is CCOCCN1CCc2ccc(N(CC3C4CN(C(=O)c5ccc(C(C)(C)C)cc5)CC43)C(=O)c3cccs3)cc2C1. The van der Waals surface area contributed by atoms with Crippen molar-refractivity contribution in [1.29, 1.82) is 0 Å². The summed E-state index contributed by atoms with van der Waals surface area (Å²) >= 11 is 1.50. The zero-order chi connectivity index (χ0) is 29.4. The molecule has 1 aliphatic carbocycles. The molecule has 0 N–H and O–H groups in total. The monoisotopic (exact) mass is 585 g/mol. The van der Waals surface area contributed by atoms with Gasteiger partial charge in [0.25, 0.3) is 11.8 Å². The minimum absolute atomic E-state index is 0.0670. The van der Waals surface area contributed by atoms with Crippen molar-refractivity contribution in [2.24, 2.45) is 17.8 Å². The number of thiophene rings is 1. The van der Waals surface area contributed by atoms with Crippen molar-refractivity contribution in [3.05, 3.63) is 87.1 Å². The number of fused-ring (bicyclic) bond motifs is 2. The summed E-state index contributed by atoms with van der Waals surface area (Å²) in [5.74, 6) is 1.52. The molecule has 0 spiro atoms. The number of ether oxygens (including phenoxy) is 1. The van der Waals surface area contributed by atoms with Crippen LogP contribution >= 0.6 is 11.3 Å². The van der Waals surface area contributed by atoms with Crippen molar-refractivity contribution >= 4 is 28.8 Å². The highest BCUT2D eigenvalue weighted by Crippen LogP contribution is 2.52. The van der Waals surface area contributed by atoms with Crippen LogP contribution in [0.4, 0.5) is 5.69 Å². The molecule has 0 bridgehead atoms. The highest BCUT2D eigenvalue weighted by molar-refractivity contribution is 7.12. The first-order valence-electron chi connectivity index (χ1n) is 15.4. The van der Waals surface area contributed by atoms with E-state index in [0.717, 1.165) is 68.5 Å². The Morgan fingerprint density at radius 3 is 2.45 bits per heavy atom. The smallest absolute Gasteiger partial charge is 0.268 e. The first-order valence-corrected chi connectivity index (χ1v) is 16.3. The number of hydrogen-bond donors (Lipinski definition) is 0. The van der Waals surface area contributed by atoms with Crippen LogP contribution in [0.15, 0.2) is 60.0 Å². The molecule has 3 aliphatic rings. The fourth-order valence-corrected chi connectivity index (χ4v) is 7.40. The van der Waals surface area contributed by atoms with Crippen molar-refractivity contribution < 1.29 is 14.3 Å². The van der Waals surface area contributed by atoms with Gasteiger partial charge < -0.3 is 14.5 Å². The van der Waals surface area contributed by atoms with Crippen molar-refractivity contribution in [2.75, 3.05) is 50.8 Å². The molecule has 2 aromatic carbocycles. The van der Waals surface area contributed by atoms with Gasteiger partial charge in [-0.15, -0.1) is 11.3 Å². The van der Waals surface area contributed by atoms with Gasteiger partial charge in [0.2, 0.25) is 0 Å². The van der Waals surface area contributed by atoms with Gasteiger partial charge in [0.1, 0.15) is 0 Å². The van der Waals surface area contributed by atoms with Gasteiger partial charge in [-0.25, -0.2) is 0 Å². The summed E-state index contributed by atoms with van der Waals surface area (Å²) in [6, 6.07) is 18.6. The number of amides is 2. The Morgan fingerprint density at radius 1 is 1.02 bits per heavy atom. The topological polar surface area (TPSA) is 53.1 Å². The molecule has 7 heteroatoms. The standard InChI is InChI=1S/C35H43N3O3S/c1-5-41-17-16-36-15-14-24-10-13-28(19-26(24)20-36)38(34(40)32-7-6-18-42-32)23-31-29-21-37(22-30(29)31)33(39)25-8-11-27(12-9-25)35(2,3)4/h6-13,18-19,29-31H,5,14-17,20-23H2,1-4H3. The van der Waals surface area contributed by atoms with Crippen LogP contribution in [0.2, 0.25) is 0 Å². The van der Waals surface area contributed by atoms with Crippen LogP contribution in [-0.2, 0) is 23.1 Å². The predicted octanol–water partition coefficient (Wildman–Crippen LogP) is 6.11. The fraction of sp³-hybridized carbons (Fsp3) is 0.486. The Balaban J connectivity index is 1.14.